The lowest BCUT2D eigenvalue weighted by Gasteiger charge is -2.25. The smallest absolute Gasteiger partial charge is 0.0862 e. The third kappa shape index (κ3) is 3.16. The monoisotopic (exact) mass is 169 g/mol. The summed E-state index contributed by atoms with van der Waals surface area (Å²) in [5, 5.41) is 3.04. The third-order valence-electron chi connectivity index (χ3n) is 1.98. The van der Waals surface area contributed by atoms with Crippen molar-refractivity contribution in [3.63, 3.8) is 0 Å². The number of allylic oxidation sites excluding steroid dienone is 2. The SMILES string of the molecule is CC=C(N=O)C(C)(C)CC(C)C. The van der Waals surface area contributed by atoms with Crippen LogP contribution in [0, 0.1) is 16.2 Å². The van der Waals surface area contributed by atoms with Crippen molar-refractivity contribution in [2.45, 2.75) is 41.0 Å². The zero-order valence-corrected chi connectivity index (χ0v) is 8.72. The van der Waals surface area contributed by atoms with Crippen molar-refractivity contribution in [2.24, 2.45) is 16.5 Å². The van der Waals surface area contributed by atoms with E-state index in [1.165, 1.54) is 0 Å². The molecule has 0 aromatic rings. The fourth-order valence-corrected chi connectivity index (χ4v) is 1.69. The molecule has 2 nitrogen and oxygen atoms in total. The molecule has 12 heavy (non-hydrogen) atoms. The van der Waals surface area contributed by atoms with Crippen LogP contribution in [0.15, 0.2) is 16.9 Å². The minimum atomic E-state index is -0.0787. The molecule has 0 unspecified atom stereocenters. The Morgan fingerprint density at radius 3 is 2.25 bits per heavy atom. The Morgan fingerprint density at radius 1 is 1.50 bits per heavy atom. The van der Waals surface area contributed by atoms with Crippen LogP contribution < -0.4 is 0 Å². The van der Waals surface area contributed by atoms with Crippen molar-refractivity contribution in [3.05, 3.63) is 16.7 Å². The first-order valence-electron chi connectivity index (χ1n) is 4.44. The van der Waals surface area contributed by atoms with Gasteiger partial charge < -0.3 is 0 Å². The first kappa shape index (κ1) is 11.3. The zero-order chi connectivity index (χ0) is 9.78. The van der Waals surface area contributed by atoms with Gasteiger partial charge in [-0.2, -0.15) is 0 Å². The standard InChI is InChI=1S/C10H19NO/c1-6-9(11-12)10(4,5)7-8(2)3/h6,8H,7H2,1-5H3. The topological polar surface area (TPSA) is 29.4 Å². The second kappa shape index (κ2) is 4.39. The molecule has 0 spiro atoms. The van der Waals surface area contributed by atoms with E-state index in [4.69, 9.17) is 0 Å². The van der Waals surface area contributed by atoms with Crippen molar-refractivity contribution in [2.75, 3.05) is 0 Å². The summed E-state index contributed by atoms with van der Waals surface area (Å²) in [5.41, 5.74) is 0.584. The lowest BCUT2D eigenvalue weighted by Crippen LogP contribution is -2.16. The van der Waals surface area contributed by atoms with E-state index in [0.29, 0.717) is 11.6 Å². The van der Waals surface area contributed by atoms with Gasteiger partial charge in [0.05, 0.1) is 5.70 Å². The van der Waals surface area contributed by atoms with Gasteiger partial charge in [0.25, 0.3) is 0 Å². The van der Waals surface area contributed by atoms with Crippen LogP contribution >= 0.6 is 0 Å². The van der Waals surface area contributed by atoms with Crippen LogP contribution in [0.1, 0.15) is 41.0 Å². The molecule has 0 atom stereocenters. The molecule has 0 aliphatic carbocycles. The van der Waals surface area contributed by atoms with Gasteiger partial charge in [-0.1, -0.05) is 33.8 Å². The Bertz CT molecular complexity index is 180. The highest BCUT2D eigenvalue weighted by Gasteiger charge is 2.24. The average Bonchev–Trinajstić information content (AvgIpc) is 1.85. The largest absolute Gasteiger partial charge is 0.145 e. The van der Waals surface area contributed by atoms with Gasteiger partial charge >= 0.3 is 0 Å². The van der Waals surface area contributed by atoms with E-state index in [2.05, 4.69) is 32.9 Å². The molecule has 0 saturated heterocycles. The van der Waals surface area contributed by atoms with Gasteiger partial charge in [0.2, 0.25) is 0 Å². The van der Waals surface area contributed by atoms with Crippen LogP contribution in [-0.2, 0) is 0 Å². The molecule has 0 aromatic carbocycles. The molecule has 0 bridgehead atoms. The maximum atomic E-state index is 10.4. The summed E-state index contributed by atoms with van der Waals surface area (Å²) in [6.45, 7) is 10.3. The van der Waals surface area contributed by atoms with E-state index >= 15 is 0 Å². The molecule has 0 aliphatic rings. The normalized spacial score (nSPS) is 13.7. The van der Waals surface area contributed by atoms with Crippen LogP contribution in [0.3, 0.4) is 0 Å². The molecule has 0 N–H and O–H groups in total. The van der Waals surface area contributed by atoms with E-state index < -0.39 is 0 Å². The Labute approximate surface area is 75.0 Å². The fourth-order valence-electron chi connectivity index (χ4n) is 1.69. The van der Waals surface area contributed by atoms with Crippen molar-refractivity contribution < 1.29 is 0 Å². The molecule has 0 amide bonds. The molecule has 0 aliphatic heterocycles. The summed E-state index contributed by atoms with van der Waals surface area (Å²) in [6.07, 6.45) is 2.80. The van der Waals surface area contributed by atoms with E-state index in [0.717, 1.165) is 6.42 Å². The highest BCUT2D eigenvalue weighted by atomic mass is 16.3. The predicted octanol–water partition coefficient (Wildman–Crippen LogP) is 3.73. The van der Waals surface area contributed by atoms with Crippen LogP contribution in [-0.4, -0.2) is 0 Å². The Hall–Kier alpha value is -0.660. The van der Waals surface area contributed by atoms with E-state index in [9.17, 15) is 4.91 Å². The van der Waals surface area contributed by atoms with E-state index in [1.54, 1.807) is 6.08 Å². The number of nitroso groups, excluding NO2 is 1. The fraction of sp³-hybridized carbons (Fsp3) is 0.800. The van der Waals surface area contributed by atoms with Gasteiger partial charge in [0.15, 0.2) is 0 Å². The van der Waals surface area contributed by atoms with Gasteiger partial charge in [0.1, 0.15) is 0 Å². The highest BCUT2D eigenvalue weighted by Crippen LogP contribution is 2.33. The summed E-state index contributed by atoms with van der Waals surface area (Å²) in [6, 6.07) is 0. The third-order valence-corrected chi connectivity index (χ3v) is 1.98. The number of hydrogen-bond acceptors (Lipinski definition) is 2. The van der Waals surface area contributed by atoms with Gasteiger partial charge in [-0.05, 0) is 24.4 Å². The maximum absolute atomic E-state index is 10.4. The highest BCUT2D eigenvalue weighted by molar-refractivity contribution is 5.09. The van der Waals surface area contributed by atoms with Gasteiger partial charge in [-0.3, -0.25) is 0 Å². The molecule has 0 radical (unpaired) electrons. The summed E-state index contributed by atoms with van der Waals surface area (Å²) in [7, 11) is 0. The number of rotatable bonds is 4. The number of hydrogen-bond donors (Lipinski definition) is 0. The van der Waals surface area contributed by atoms with Crippen molar-refractivity contribution in [1.29, 1.82) is 0 Å². The summed E-state index contributed by atoms with van der Waals surface area (Å²) >= 11 is 0. The molecule has 0 fully saturated rings. The Balaban J connectivity index is 4.47. The molecule has 70 valence electrons. The second-order valence-corrected chi connectivity index (χ2v) is 4.25. The van der Waals surface area contributed by atoms with Crippen molar-refractivity contribution >= 4 is 0 Å². The lowest BCUT2D eigenvalue weighted by molar-refractivity contribution is 0.341. The minimum absolute atomic E-state index is 0.0787. The molecule has 0 aromatic heterocycles. The van der Waals surface area contributed by atoms with E-state index in [1.807, 2.05) is 6.92 Å². The zero-order valence-electron chi connectivity index (χ0n) is 8.72. The van der Waals surface area contributed by atoms with Gasteiger partial charge in [-0.15, -0.1) is 4.91 Å². The lowest BCUT2D eigenvalue weighted by atomic mass is 9.81. The van der Waals surface area contributed by atoms with Gasteiger partial charge in [0, 0.05) is 5.41 Å². The van der Waals surface area contributed by atoms with Crippen LogP contribution in [0.25, 0.3) is 0 Å². The molecule has 0 saturated carbocycles. The van der Waals surface area contributed by atoms with Crippen LogP contribution in [0.5, 0.6) is 0 Å². The summed E-state index contributed by atoms with van der Waals surface area (Å²) in [4.78, 5) is 10.4. The predicted molar refractivity (Wildman–Crippen MR) is 52.8 cm³/mol. The maximum Gasteiger partial charge on any atom is 0.0862 e. The molecular weight excluding hydrogens is 150 g/mol. The van der Waals surface area contributed by atoms with E-state index in [-0.39, 0.29) is 5.41 Å². The molecule has 0 rings (SSSR count). The van der Waals surface area contributed by atoms with Crippen molar-refractivity contribution in [3.8, 4) is 0 Å². The van der Waals surface area contributed by atoms with Crippen molar-refractivity contribution in [1.82, 2.24) is 0 Å². The average molecular weight is 169 g/mol. The van der Waals surface area contributed by atoms with Gasteiger partial charge in [-0.25, -0.2) is 0 Å². The van der Waals surface area contributed by atoms with Crippen LogP contribution in [0.4, 0.5) is 0 Å². The first-order chi connectivity index (χ1) is 5.44. The Kier molecular flexibility index (Phi) is 4.15. The molecular formula is C10H19NO. The molecule has 2 heteroatoms. The summed E-state index contributed by atoms with van der Waals surface area (Å²) < 4.78 is 0. The second-order valence-electron chi connectivity index (χ2n) is 4.25. The molecule has 0 heterocycles. The minimum Gasteiger partial charge on any atom is -0.145 e. The summed E-state index contributed by atoms with van der Waals surface area (Å²) in [5.74, 6) is 0.594. The first-order valence-corrected chi connectivity index (χ1v) is 4.44. The number of nitrogens with zero attached hydrogens (tertiary/aromatic N) is 1. The van der Waals surface area contributed by atoms with Crippen LogP contribution in [0.2, 0.25) is 0 Å². The Morgan fingerprint density at radius 2 is 2.00 bits per heavy atom. The quantitative estimate of drug-likeness (QED) is 0.589.